The fourth-order valence-electron chi connectivity index (χ4n) is 2.67. The Morgan fingerprint density at radius 1 is 1.08 bits per heavy atom. The van der Waals surface area contributed by atoms with Crippen molar-refractivity contribution in [3.05, 3.63) is 76.1 Å². The van der Waals surface area contributed by atoms with Crippen molar-refractivity contribution in [1.29, 1.82) is 0 Å². The molecule has 0 aliphatic heterocycles. The first-order valence-electron chi connectivity index (χ1n) is 7.79. The van der Waals surface area contributed by atoms with Crippen LogP contribution in [0.2, 0.25) is 0 Å². The molecule has 128 valence electrons. The molecule has 0 aliphatic rings. The van der Waals surface area contributed by atoms with Crippen molar-refractivity contribution in [3.63, 3.8) is 0 Å². The number of aliphatic hydroxyl groups excluding tert-OH is 1. The van der Waals surface area contributed by atoms with Crippen LogP contribution < -0.4 is 10.5 Å². The number of hydrogen-bond acceptors (Lipinski definition) is 5. The predicted octanol–water partition coefficient (Wildman–Crippen LogP) is 2.49. The van der Waals surface area contributed by atoms with Gasteiger partial charge in [-0.1, -0.05) is 30.3 Å². The van der Waals surface area contributed by atoms with Crippen LogP contribution in [0.1, 0.15) is 15.9 Å². The topological polar surface area (TPSA) is 91.0 Å². The molecule has 0 unspecified atom stereocenters. The predicted molar refractivity (Wildman–Crippen MR) is 94.0 cm³/mol. The first-order valence-corrected chi connectivity index (χ1v) is 7.79. The number of anilines is 1. The van der Waals surface area contributed by atoms with Crippen LogP contribution in [-0.4, -0.2) is 29.3 Å². The summed E-state index contributed by atoms with van der Waals surface area (Å²) in [4.78, 5) is 24.8. The Kier molecular flexibility index (Phi) is 4.81. The molecule has 0 bridgehead atoms. The minimum Gasteiger partial charge on any atom is -0.477 e. The van der Waals surface area contributed by atoms with Gasteiger partial charge in [-0.05, 0) is 23.8 Å². The van der Waals surface area contributed by atoms with E-state index < -0.39 is 17.2 Å². The van der Waals surface area contributed by atoms with E-state index in [-0.39, 0.29) is 6.61 Å². The van der Waals surface area contributed by atoms with Crippen molar-refractivity contribution in [2.24, 2.45) is 0 Å². The van der Waals surface area contributed by atoms with E-state index in [0.29, 0.717) is 24.1 Å². The van der Waals surface area contributed by atoms with Crippen LogP contribution in [0.3, 0.4) is 0 Å². The van der Waals surface area contributed by atoms with E-state index in [0.717, 1.165) is 11.3 Å². The van der Waals surface area contributed by atoms with Crippen LogP contribution in [0.4, 0.5) is 5.69 Å². The molecule has 0 radical (unpaired) electrons. The maximum absolute atomic E-state index is 11.8. The van der Waals surface area contributed by atoms with Gasteiger partial charge in [-0.3, -0.25) is 0 Å². The molecule has 1 aromatic heterocycles. The number of hydrogen-bond donors (Lipinski definition) is 2. The lowest BCUT2D eigenvalue weighted by Crippen LogP contribution is -2.26. The van der Waals surface area contributed by atoms with E-state index in [1.54, 1.807) is 12.1 Å². The third-order valence-electron chi connectivity index (χ3n) is 3.90. The van der Waals surface area contributed by atoms with Crippen molar-refractivity contribution in [1.82, 2.24) is 0 Å². The number of aliphatic hydroxyl groups is 1. The molecule has 0 spiro atoms. The Balaban J connectivity index is 1.99. The monoisotopic (exact) mass is 339 g/mol. The number of carboxylic acid groups (broad SMARTS) is 1. The standard InChI is InChI=1S/C19H17NO5/c21-9-8-20(12-13-4-2-1-3-5-13)15-7-6-14-10-16(18(22)23)19(24)25-17(14)11-15/h1-7,10-11,21H,8-9,12H2,(H,22,23). The van der Waals surface area contributed by atoms with Crippen LogP contribution in [0.15, 0.2) is 63.8 Å². The molecule has 6 nitrogen and oxygen atoms in total. The summed E-state index contributed by atoms with van der Waals surface area (Å²) in [6.45, 7) is 0.981. The molecule has 0 aliphatic carbocycles. The Bertz CT molecular complexity index is 949. The Morgan fingerprint density at radius 3 is 2.52 bits per heavy atom. The number of nitrogens with zero attached hydrogens (tertiary/aromatic N) is 1. The summed E-state index contributed by atoms with van der Waals surface area (Å²) in [6, 6.07) is 16.3. The van der Waals surface area contributed by atoms with E-state index in [1.165, 1.54) is 6.07 Å². The number of carbonyl (C=O) groups is 1. The van der Waals surface area contributed by atoms with E-state index in [4.69, 9.17) is 9.52 Å². The Hall–Kier alpha value is -3.12. The molecule has 6 heteroatoms. The zero-order valence-corrected chi connectivity index (χ0v) is 13.4. The highest BCUT2D eigenvalue weighted by molar-refractivity contribution is 5.92. The largest absolute Gasteiger partial charge is 0.477 e. The summed E-state index contributed by atoms with van der Waals surface area (Å²) in [5, 5.41) is 18.9. The van der Waals surface area contributed by atoms with Gasteiger partial charge in [0.05, 0.1) is 6.61 Å². The summed E-state index contributed by atoms with van der Waals surface area (Å²) < 4.78 is 5.15. The van der Waals surface area contributed by atoms with Crippen LogP contribution >= 0.6 is 0 Å². The molecule has 0 saturated carbocycles. The zero-order valence-electron chi connectivity index (χ0n) is 13.4. The Morgan fingerprint density at radius 2 is 1.84 bits per heavy atom. The van der Waals surface area contributed by atoms with Gasteiger partial charge < -0.3 is 19.5 Å². The van der Waals surface area contributed by atoms with Gasteiger partial charge in [0.25, 0.3) is 0 Å². The molecule has 0 fully saturated rings. The van der Waals surface area contributed by atoms with Crippen LogP contribution in [-0.2, 0) is 6.54 Å². The SMILES string of the molecule is O=C(O)c1cc2ccc(N(CCO)Cc3ccccc3)cc2oc1=O. The molecular weight excluding hydrogens is 322 g/mol. The van der Waals surface area contributed by atoms with E-state index >= 15 is 0 Å². The number of rotatable bonds is 6. The maximum atomic E-state index is 11.8. The number of benzene rings is 2. The van der Waals surface area contributed by atoms with Gasteiger partial charge in [0.15, 0.2) is 0 Å². The fourth-order valence-corrected chi connectivity index (χ4v) is 2.67. The minimum atomic E-state index is -1.31. The quantitative estimate of drug-likeness (QED) is 0.671. The van der Waals surface area contributed by atoms with Gasteiger partial charge in [-0.25, -0.2) is 9.59 Å². The van der Waals surface area contributed by atoms with Crippen molar-refractivity contribution in [3.8, 4) is 0 Å². The molecule has 25 heavy (non-hydrogen) atoms. The lowest BCUT2D eigenvalue weighted by molar-refractivity contribution is 0.0692. The average molecular weight is 339 g/mol. The Labute approximate surface area is 143 Å². The lowest BCUT2D eigenvalue weighted by Gasteiger charge is -2.24. The van der Waals surface area contributed by atoms with Gasteiger partial charge in [-0.15, -0.1) is 0 Å². The highest BCUT2D eigenvalue weighted by Crippen LogP contribution is 2.23. The maximum Gasteiger partial charge on any atom is 0.351 e. The van der Waals surface area contributed by atoms with E-state index in [1.807, 2.05) is 41.3 Å². The second kappa shape index (κ2) is 7.19. The summed E-state index contributed by atoms with van der Waals surface area (Å²) in [5.74, 6) is -1.31. The summed E-state index contributed by atoms with van der Waals surface area (Å²) >= 11 is 0. The molecule has 0 amide bonds. The molecule has 3 aromatic rings. The summed E-state index contributed by atoms with van der Waals surface area (Å²) in [5.41, 5.74) is 0.893. The zero-order chi connectivity index (χ0) is 17.8. The third kappa shape index (κ3) is 3.70. The van der Waals surface area contributed by atoms with Crippen LogP contribution in [0.25, 0.3) is 11.0 Å². The van der Waals surface area contributed by atoms with E-state index in [2.05, 4.69) is 0 Å². The second-order valence-corrected chi connectivity index (χ2v) is 5.61. The number of fused-ring (bicyclic) bond motifs is 1. The van der Waals surface area contributed by atoms with E-state index in [9.17, 15) is 14.7 Å². The highest BCUT2D eigenvalue weighted by atomic mass is 16.4. The first kappa shape index (κ1) is 16.7. The smallest absolute Gasteiger partial charge is 0.351 e. The van der Waals surface area contributed by atoms with Crippen molar-refractivity contribution >= 4 is 22.6 Å². The molecule has 2 aromatic carbocycles. The van der Waals surface area contributed by atoms with Gasteiger partial charge in [0.2, 0.25) is 0 Å². The van der Waals surface area contributed by atoms with Crippen LogP contribution in [0, 0.1) is 0 Å². The van der Waals surface area contributed by atoms with Crippen LogP contribution in [0.5, 0.6) is 0 Å². The molecule has 1 heterocycles. The second-order valence-electron chi connectivity index (χ2n) is 5.61. The third-order valence-corrected chi connectivity index (χ3v) is 3.90. The van der Waals surface area contributed by atoms with Gasteiger partial charge in [0.1, 0.15) is 11.1 Å². The molecule has 0 saturated heterocycles. The number of aromatic carboxylic acids is 1. The molecule has 2 N–H and O–H groups in total. The highest BCUT2D eigenvalue weighted by Gasteiger charge is 2.14. The van der Waals surface area contributed by atoms with Crippen molar-refractivity contribution < 1.29 is 19.4 Å². The lowest BCUT2D eigenvalue weighted by atomic mass is 10.1. The fraction of sp³-hybridized carbons (Fsp3) is 0.158. The number of carboxylic acids is 1. The normalized spacial score (nSPS) is 10.8. The van der Waals surface area contributed by atoms with Gasteiger partial charge in [-0.2, -0.15) is 0 Å². The van der Waals surface area contributed by atoms with Crippen molar-refractivity contribution in [2.45, 2.75) is 6.54 Å². The first-order chi connectivity index (χ1) is 12.1. The summed E-state index contributed by atoms with van der Waals surface area (Å²) in [6.07, 6.45) is 0. The molecule has 3 rings (SSSR count). The van der Waals surface area contributed by atoms with Crippen molar-refractivity contribution in [2.75, 3.05) is 18.1 Å². The van der Waals surface area contributed by atoms with Gasteiger partial charge in [0, 0.05) is 30.2 Å². The molecular formula is C19H17NO5. The molecule has 0 atom stereocenters. The average Bonchev–Trinajstić information content (AvgIpc) is 2.61. The summed E-state index contributed by atoms with van der Waals surface area (Å²) in [7, 11) is 0. The minimum absolute atomic E-state index is 0.0211. The van der Waals surface area contributed by atoms with Gasteiger partial charge >= 0.3 is 11.6 Å².